The van der Waals surface area contributed by atoms with Gasteiger partial charge in [0.25, 0.3) is 5.91 Å². The van der Waals surface area contributed by atoms with Crippen LogP contribution < -0.4 is 4.90 Å². The van der Waals surface area contributed by atoms with Crippen LogP contribution >= 0.6 is 0 Å². The van der Waals surface area contributed by atoms with Crippen molar-refractivity contribution in [1.82, 2.24) is 4.98 Å². The van der Waals surface area contributed by atoms with Crippen LogP contribution in [0.3, 0.4) is 0 Å². The van der Waals surface area contributed by atoms with Crippen molar-refractivity contribution in [2.24, 2.45) is 0 Å². The zero-order valence-electron chi connectivity index (χ0n) is 10.3. The molecule has 2 aromatic rings. The van der Waals surface area contributed by atoms with Crippen LogP contribution in [-0.2, 0) is 0 Å². The molecule has 0 fully saturated rings. The third kappa shape index (κ3) is 2.77. The first-order valence-electron chi connectivity index (χ1n) is 5.61. The molecule has 0 aliphatic heterocycles. The van der Waals surface area contributed by atoms with Gasteiger partial charge in [-0.05, 0) is 30.3 Å². The van der Waals surface area contributed by atoms with Gasteiger partial charge in [-0.3, -0.25) is 9.78 Å². The van der Waals surface area contributed by atoms with E-state index < -0.39 is 5.97 Å². The number of aromatic nitrogens is 1. The summed E-state index contributed by atoms with van der Waals surface area (Å²) in [6, 6.07) is 9.37. The number of nitrogens with zero attached hydrogens (tertiary/aromatic N) is 2. The molecule has 0 bridgehead atoms. The maximum atomic E-state index is 12.2. The van der Waals surface area contributed by atoms with E-state index in [0.29, 0.717) is 11.3 Å². The van der Waals surface area contributed by atoms with Crippen LogP contribution in [0.4, 0.5) is 5.69 Å². The quantitative estimate of drug-likeness (QED) is 0.912. The molecule has 0 unspecified atom stereocenters. The molecule has 1 N–H and O–H groups in total. The molecule has 5 heteroatoms. The fourth-order valence-corrected chi connectivity index (χ4v) is 1.66. The number of carbonyl (C=O) groups excluding carboxylic acids is 1. The Balaban J connectivity index is 2.29. The summed E-state index contributed by atoms with van der Waals surface area (Å²) in [5.41, 5.74) is 1.12. The number of aromatic carboxylic acids is 1. The van der Waals surface area contributed by atoms with Crippen molar-refractivity contribution in [3.63, 3.8) is 0 Å². The van der Waals surface area contributed by atoms with Crippen LogP contribution in [-0.4, -0.2) is 29.0 Å². The molecule has 0 saturated carbocycles. The van der Waals surface area contributed by atoms with E-state index in [1.165, 1.54) is 17.0 Å². The first-order valence-corrected chi connectivity index (χ1v) is 5.61. The second kappa shape index (κ2) is 5.30. The minimum atomic E-state index is -1.05. The molecule has 1 aromatic carbocycles. The lowest BCUT2D eigenvalue weighted by Gasteiger charge is -2.17. The molecular weight excluding hydrogens is 244 g/mol. The molecule has 19 heavy (non-hydrogen) atoms. The number of rotatable bonds is 3. The summed E-state index contributed by atoms with van der Waals surface area (Å²) in [5, 5.41) is 8.91. The number of carboxylic acid groups (broad SMARTS) is 1. The van der Waals surface area contributed by atoms with Gasteiger partial charge < -0.3 is 10.0 Å². The Kier molecular flexibility index (Phi) is 3.56. The molecule has 96 valence electrons. The van der Waals surface area contributed by atoms with E-state index in [1.54, 1.807) is 43.7 Å². The fourth-order valence-electron chi connectivity index (χ4n) is 1.66. The van der Waals surface area contributed by atoms with Gasteiger partial charge in [0.2, 0.25) is 0 Å². The molecule has 0 saturated heterocycles. The highest BCUT2D eigenvalue weighted by molar-refractivity contribution is 6.06. The van der Waals surface area contributed by atoms with Gasteiger partial charge in [0.1, 0.15) is 0 Å². The predicted octanol–water partition coefficient (Wildman–Crippen LogP) is 2.06. The largest absolute Gasteiger partial charge is 0.478 e. The van der Waals surface area contributed by atoms with Crippen LogP contribution in [0.5, 0.6) is 0 Å². The lowest BCUT2D eigenvalue weighted by Crippen LogP contribution is -2.26. The smallest absolute Gasteiger partial charge is 0.335 e. The van der Waals surface area contributed by atoms with E-state index in [9.17, 15) is 9.59 Å². The van der Waals surface area contributed by atoms with Crippen LogP contribution in [0, 0.1) is 0 Å². The van der Waals surface area contributed by atoms with Gasteiger partial charge in [-0.25, -0.2) is 4.79 Å². The minimum Gasteiger partial charge on any atom is -0.478 e. The Labute approximate surface area is 110 Å². The summed E-state index contributed by atoms with van der Waals surface area (Å²) in [5.74, 6) is -1.32. The van der Waals surface area contributed by atoms with Crippen LogP contribution in [0.25, 0.3) is 0 Å². The summed E-state index contributed by atoms with van der Waals surface area (Å²) in [6.07, 6.45) is 3.18. The first-order chi connectivity index (χ1) is 9.09. The van der Waals surface area contributed by atoms with E-state index in [-0.39, 0.29) is 11.5 Å². The number of anilines is 1. The molecule has 1 aromatic heterocycles. The predicted molar refractivity (Wildman–Crippen MR) is 70.4 cm³/mol. The van der Waals surface area contributed by atoms with Crippen molar-refractivity contribution in [2.45, 2.75) is 0 Å². The summed E-state index contributed by atoms with van der Waals surface area (Å²) >= 11 is 0. The molecule has 2 rings (SSSR count). The molecule has 0 spiro atoms. The second-order valence-electron chi connectivity index (χ2n) is 3.96. The number of pyridine rings is 1. The highest BCUT2D eigenvalue weighted by Gasteiger charge is 2.14. The van der Waals surface area contributed by atoms with Crippen molar-refractivity contribution in [3.8, 4) is 0 Å². The maximum Gasteiger partial charge on any atom is 0.335 e. The topological polar surface area (TPSA) is 70.5 Å². The van der Waals surface area contributed by atoms with Gasteiger partial charge in [-0.1, -0.05) is 6.07 Å². The number of carbonyl (C=O) groups is 2. The SMILES string of the molecule is CN(C(=O)c1cccc(C(=O)O)c1)c1ccncc1. The van der Waals surface area contributed by atoms with Crippen molar-refractivity contribution < 1.29 is 14.7 Å². The Morgan fingerprint density at radius 1 is 1.11 bits per heavy atom. The number of hydrogen-bond donors (Lipinski definition) is 1. The van der Waals surface area contributed by atoms with Gasteiger partial charge in [0, 0.05) is 30.7 Å². The summed E-state index contributed by atoms with van der Waals surface area (Å²) in [4.78, 5) is 28.4. The Morgan fingerprint density at radius 2 is 1.74 bits per heavy atom. The van der Waals surface area contributed by atoms with Crippen molar-refractivity contribution >= 4 is 17.6 Å². The summed E-state index contributed by atoms with van der Waals surface area (Å²) < 4.78 is 0. The normalized spacial score (nSPS) is 9.95. The molecule has 0 atom stereocenters. The number of amides is 1. The average molecular weight is 256 g/mol. The van der Waals surface area contributed by atoms with Gasteiger partial charge >= 0.3 is 5.97 Å². The Hall–Kier alpha value is -2.69. The lowest BCUT2D eigenvalue weighted by molar-refractivity contribution is 0.0697. The van der Waals surface area contributed by atoms with Crippen LogP contribution in [0.1, 0.15) is 20.7 Å². The van der Waals surface area contributed by atoms with E-state index in [4.69, 9.17) is 5.11 Å². The molecule has 1 amide bonds. The first kappa shape index (κ1) is 12.8. The van der Waals surface area contributed by atoms with Crippen molar-refractivity contribution in [3.05, 3.63) is 59.9 Å². The minimum absolute atomic E-state index is 0.0916. The van der Waals surface area contributed by atoms with Crippen molar-refractivity contribution in [2.75, 3.05) is 11.9 Å². The highest BCUT2D eigenvalue weighted by atomic mass is 16.4. The summed E-state index contributed by atoms with van der Waals surface area (Å²) in [7, 11) is 1.63. The molecule has 0 aliphatic rings. The molecule has 0 radical (unpaired) electrons. The highest BCUT2D eigenvalue weighted by Crippen LogP contribution is 2.15. The van der Waals surface area contributed by atoms with Crippen LogP contribution in [0.2, 0.25) is 0 Å². The van der Waals surface area contributed by atoms with Gasteiger partial charge in [-0.2, -0.15) is 0 Å². The van der Waals surface area contributed by atoms with E-state index in [0.717, 1.165) is 0 Å². The van der Waals surface area contributed by atoms with Crippen molar-refractivity contribution in [1.29, 1.82) is 0 Å². The Bertz CT molecular complexity index is 611. The lowest BCUT2D eigenvalue weighted by atomic mass is 10.1. The molecule has 0 aliphatic carbocycles. The Morgan fingerprint density at radius 3 is 2.37 bits per heavy atom. The maximum absolute atomic E-state index is 12.2. The standard InChI is InChI=1S/C14H12N2O3/c1-16(12-5-7-15-8-6-12)13(17)10-3-2-4-11(9-10)14(18)19/h2-9H,1H3,(H,18,19). The van der Waals surface area contributed by atoms with E-state index in [2.05, 4.69) is 4.98 Å². The van der Waals surface area contributed by atoms with E-state index >= 15 is 0 Å². The fraction of sp³-hybridized carbons (Fsp3) is 0.0714. The third-order valence-electron chi connectivity index (χ3n) is 2.71. The number of hydrogen-bond acceptors (Lipinski definition) is 3. The molecule has 5 nitrogen and oxygen atoms in total. The van der Waals surface area contributed by atoms with E-state index in [1.807, 2.05) is 0 Å². The number of benzene rings is 1. The van der Waals surface area contributed by atoms with Gasteiger partial charge in [-0.15, -0.1) is 0 Å². The monoisotopic (exact) mass is 256 g/mol. The second-order valence-corrected chi connectivity index (χ2v) is 3.96. The number of carboxylic acids is 1. The zero-order valence-corrected chi connectivity index (χ0v) is 10.3. The molecular formula is C14H12N2O3. The van der Waals surface area contributed by atoms with Gasteiger partial charge in [0.15, 0.2) is 0 Å². The summed E-state index contributed by atoms with van der Waals surface area (Å²) in [6.45, 7) is 0. The average Bonchev–Trinajstić information content (AvgIpc) is 2.46. The molecule has 1 heterocycles. The van der Waals surface area contributed by atoms with Crippen LogP contribution in [0.15, 0.2) is 48.8 Å². The third-order valence-corrected chi connectivity index (χ3v) is 2.71. The van der Waals surface area contributed by atoms with Gasteiger partial charge in [0.05, 0.1) is 5.56 Å². The zero-order chi connectivity index (χ0) is 13.8.